The van der Waals surface area contributed by atoms with Crippen molar-refractivity contribution in [3.05, 3.63) is 89.6 Å². The second kappa shape index (κ2) is 27.1. The molecule has 4 aliphatic heterocycles. The highest BCUT2D eigenvalue weighted by molar-refractivity contribution is 6.29. The number of aromatic nitrogens is 8. The number of nitrogens with one attached hydrogen (secondary N) is 1. The monoisotopic (exact) mass is 1150 g/mol. The predicted octanol–water partition coefficient (Wildman–Crippen LogP) is 8.91. The number of hydrogen-bond acceptors (Lipinski definition) is 20. The Bertz CT molecular complexity index is 2970. The molecule has 0 amide bonds. The number of hydrogen-bond donors (Lipinski definition) is 4. The molecule has 10 rings (SSSR count). The van der Waals surface area contributed by atoms with Crippen LogP contribution in [-0.4, -0.2) is 153 Å². The number of anilines is 7. The molecule has 27 heteroatoms. The van der Waals surface area contributed by atoms with Gasteiger partial charge in [-0.3, -0.25) is 0 Å². The fourth-order valence-electron chi connectivity index (χ4n) is 9.30. The van der Waals surface area contributed by atoms with E-state index in [4.69, 9.17) is 47.7 Å². The van der Waals surface area contributed by atoms with Crippen molar-refractivity contribution in [2.75, 3.05) is 111 Å². The van der Waals surface area contributed by atoms with Crippen molar-refractivity contribution in [2.45, 2.75) is 90.0 Å². The minimum absolute atomic E-state index is 0.0383. The van der Waals surface area contributed by atoms with E-state index in [-0.39, 0.29) is 57.3 Å². The molecule has 6 aromatic heterocycles. The number of morpholine rings is 2. The number of alkyl halides is 6. The predicted molar refractivity (Wildman–Crippen MR) is 297 cm³/mol. The minimum Gasteiger partial charge on any atom is -0.474 e. The lowest BCUT2D eigenvalue weighted by molar-refractivity contribution is -0.137. The van der Waals surface area contributed by atoms with Crippen LogP contribution in [-0.2, 0) is 21.8 Å². The molecule has 0 saturated carbocycles. The Labute approximate surface area is 470 Å². The van der Waals surface area contributed by atoms with Gasteiger partial charge in [0.1, 0.15) is 34.8 Å². The largest absolute Gasteiger partial charge is 0.474 e. The zero-order valence-corrected chi connectivity index (χ0v) is 46.2. The SMILES string of the molecule is CC(C)N1CCC(Oc2ccc(N)cn2)CC1.CC(C)N1CCC(Oc2ccc(Nc3cc(-c4cnc(N)cc4C(F)(F)F)nc(N4CCOCC4)n3)cn2)CC1.Nc1cc(C(F)(F)F)c(-c2cc(Cl)nc(N3CCOCC3)n2)cn1. The van der Waals surface area contributed by atoms with Gasteiger partial charge in [-0.05, 0) is 77.6 Å². The van der Waals surface area contributed by atoms with Gasteiger partial charge in [-0.2, -0.15) is 31.3 Å². The number of likely N-dealkylation sites (tertiary alicyclic amines) is 2. The average Bonchev–Trinajstić information content (AvgIpc) is 3.45. The second-order valence-corrected chi connectivity index (χ2v) is 20.5. The molecule has 4 aliphatic rings. The van der Waals surface area contributed by atoms with Crippen molar-refractivity contribution in [3.63, 3.8) is 0 Å². The van der Waals surface area contributed by atoms with Crippen LogP contribution in [0.2, 0.25) is 5.15 Å². The van der Waals surface area contributed by atoms with E-state index in [1.165, 1.54) is 12.1 Å². The van der Waals surface area contributed by atoms with Gasteiger partial charge >= 0.3 is 12.4 Å². The molecule has 0 atom stereocenters. The van der Waals surface area contributed by atoms with Gasteiger partial charge in [-0.15, -0.1) is 0 Å². The van der Waals surface area contributed by atoms with E-state index in [1.54, 1.807) is 29.4 Å². The maximum absolute atomic E-state index is 13.9. The van der Waals surface area contributed by atoms with Crippen molar-refractivity contribution in [2.24, 2.45) is 0 Å². The average molecular weight is 1150 g/mol. The second-order valence-electron chi connectivity index (χ2n) is 20.2. The van der Waals surface area contributed by atoms with E-state index < -0.39 is 23.5 Å². The van der Waals surface area contributed by atoms with Crippen LogP contribution in [0, 0.1) is 0 Å². The van der Waals surface area contributed by atoms with Crippen molar-refractivity contribution in [1.29, 1.82) is 0 Å². The molecule has 6 aromatic rings. The van der Waals surface area contributed by atoms with Crippen molar-refractivity contribution in [1.82, 2.24) is 49.7 Å². The first kappa shape index (κ1) is 60.0. The number of halogens is 7. The lowest BCUT2D eigenvalue weighted by Crippen LogP contribution is -2.41. The summed E-state index contributed by atoms with van der Waals surface area (Å²) in [7, 11) is 0. The topological polar surface area (TPSA) is 243 Å². The summed E-state index contributed by atoms with van der Waals surface area (Å²) in [6.07, 6.45) is 0.569. The normalized spacial score (nSPS) is 17.0. The van der Waals surface area contributed by atoms with E-state index in [0.29, 0.717) is 99.7 Å². The molecule has 0 aromatic carbocycles. The van der Waals surface area contributed by atoms with Gasteiger partial charge in [0.25, 0.3) is 0 Å². The molecule has 10 heterocycles. The third-order valence-electron chi connectivity index (χ3n) is 13.8. The third kappa shape index (κ3) is 17.0. The molecule has 4 fully saturated rings. The molecule has 20 nitrogen and oxygen atoms in total. The van der Waals surface area contributed by atoms with Gasteiger partial charge < -0.3 is 61.1 Å². The first-order chi connectivity index (χ1) is 38.6. The van der Waals surface area contributed by atoms with E-state index in [2.05, 4.69) is 82.7 Å². The number of rotatable bonds is 12. The highest BCUT2D eigenvalue weighted by Gasteiger charge is 2.37. The molecule has 81 heavy (non-hydrogen) atoms. The first-order valence-electron chi connectivity index (χ1n) is 26.7. The van der Waals surface area contributed by atoms with Crippen LogP contribution in [0.3, 0.4) is 0 Å². The summed E-state index contributed by atoms with van der Waals surface area (Å²) in [4.78, 5) is 42.2. The summed E-state index contributed by atoms with van der Waals surface area (Å²) in [5.74, 6) is 1.61. The number of nitrogens with zero attached hydrogens (tertiary/aromatic N) is 12. The third-order valence-corrected chi connectivity index (χ3v) is 13.9. The number of nitrogens with two attached hydrogens (primary N) is 3. The van der Waals surface area contributed by atoms with Gasteiger partial charge in [-0.25, -0.2) is 34.9 Å². The molecule has 0 aliphatic carbocycles. The van der Waals surface area contributed by atoms with Gasteiger partial charge in [-0.1, -0.05) is 11.6 Å². The Morgan fingerprint density at radius 3 is 1.42 bits per heavy atom. The van der Waals surface area contributed by atoms with Crippen LogP contribution in [0.5, 0.6) is 11.8 Å². The van der Waals surface area contributed by atoms with E-state index in [1.807, 2.05) is 17.0 Å². The molecule has 0 bridgehead atoms. The van der Waals surface area contributed by atoms with Crippen LogP contribution in [0.25, 0.3) is 22.5 Å². The van der Waals surface area contributed by atoms with Gasteiger partial charge in [0, 0.05) is 112 Å². The fraction of sp³-hybridized carbons (Fsp3) is 0.481. The summed E-state index contributed by atoms with van der Waals surface area (Å²) in [5.41, 5.74) is 15.7. The molecule has 7 N–H and O–H groups in total. The Morgan fingerprint density at radius 2 is 1.00 bits per heavy atom. The van der Waals surface area contributed by atoms with Crippen LogP contribution in [0.1, 0.15) is 64.5 Å². The van der Waals surface area contributed by atoms with E-state index in [9.17, 15) is 26.3 Å². The summed E-state index contributed by atoms with van der Waals surface area (Å²) < 4.78 is 104. The van der Waals surface area contributed by atoms with Crippen molar-refractivity contribution < 1.29 is 45.3 Å². The summed E-state index contributed by atoms with van der Waals surface area (Å²) in [6.45, 7) is 17.1. The standard InChI is InChI=1S/C27H33F3N8O2.C14H13ClF3N5O.C13H21N3O/c1-17(2)37-7-5-19(6-8-37)40-25-4-3-18(15-33-25)34-24-14-22(35-26(36-24)38-9-11-39-12-10-38)20-16-32-23(31)13-21(20)27(28,29)30;15-11-6-10(21-13(22-11)23-1-3-24-4-2-23)8-7-20-12(19)5-9(8)14(16,17)18;1-10(2)16-7-5-12(6-8-16)17-13-4-3-11(14)9-15-13/h3-4,13-17,19H,5-12H2,1-2H3,(H2,31,32)(H,34,35,36);5-7H,1-4H2,(H2,19,20);3-4,9-10,12H,5-8,14H2,1-2H3. The Morgan fingerprint density at radius 1 is 0.556 bits per heavy atom. The van der Waals surface area contributed by atoms with E-state index >= 15 is 0 Å². The molecule has 0 spiro atoms. The highest BCUT2D eigenvalue weighted by atomic mass is 35.5. The molecule has 436 valence electrons. The molecule has 0 unspecified atom stereocenters. The summed E-state index contributed by atoms with van der Waals surface area (Å²) in [6, 6.07) is 12.7. The lowest BCUT2D eigenvalue weighted by atomic mass is 10.1. The van der Waals surface area contributed by atoms with Crippen LogP contribution >= 0.6 is 11.6 Å². The quantitative estimate of drug-likeness (QED) is 0.0660. The number of piperidine rings is 2. The van der Waals surface area contributed by atoms with Gasteiger partial charge in [0.15, 0.2) is 0 Å². The maximum atomic E-state index is 13.9. The van der Waals surface area contributed by atoms with Crippen LogP contribution < -0.4 is 41.8 Å². The van der Waals surface area contributed by atoms with Crippen LogP contribution in [0.4, 0.5) is 67.1 Å². The minimum atomic E-state index is -4.64. The summed E-state index contributed by atoms with van der Waals surface area (Å²) in [5, 5.41) is 3.20. The molecular weight excluding hydrogens is 1090 g/mol. The smallest absolute Gasteiger partial charge is 0.417 e. The highest BCUT2D eigenvalue weighted by Crippen LogP contribution is 2.40. The Balaban J connectivity index is 0.000000177. The Hall–Kier alpha value is -7.13. The molecular formula is C54H67ClF6N16O4. The van der Waals surface area contributed by atoms with E-state index in [0.717, 1.165) is 76.4 Å². The lowest BCUT2D eigenvalue weighted by Gasteiger charge is -2.34. The maximum Gasteiger partial charge on any atom is 0.417 e. The van der Waals surface area contributed by atoms with Gasteiger partial charge in [0.2, 0.25) is 23.7 Å². The zero-order chi connectivity index (χ0) is 57.8. The molecule has 4 saturated heterocycles. The fourth-order valence-corrected chi connectivity index (χ4v) is 9.48. The number of pyridine rings is 4. The Kier molecular flexibility index (Phi) is 20.1. The van der Waals surface area contributed by atoms with Crippen molar-refractivity contribution in [3.8, 4) is 34.3 Å². The molecule has 0 radical (unpaired) electrons. The zero-order valence-electron chi connectivity index (χ0n) is 45.4. The van der Waals surface area contributed by atoms with Crippen LogP contribution in [0.15, 0.2) is 73.3 Å². The van der Waals surface area contributed by atoms with Gasteiger partial charge in [0.05, 0.1) is 72.7 Å². The number of ether oxygens (including phenoxy) is 4. The van der Waals surface area contributed by atoms with Crippen molar-refractivity contribution >= 4 is 52.3 Å². The summed E-state index contributed by atoms with van der Waals surface area (Å²) >= 11 is 5.98. The number of nitrogen functional groups attached to an aromatic ring is 3. The first-order valence-corrected chi connectivity index (χ1v) is 27.0.